The molecule has 0 radical (unpaired) electrons. The van der Waals surface area contributed by atoms with Crippen LogP contribution in [-0.4, -0.2) is 30.8 Å². The van der Waals surface area contributed by atoms with E-state index in [2.05, 4.69) is 19.9 Å². The molecule has 4 aromatic rings. The lowest BCUT2D eigenvalue weighted by Crippen LogP contribution is -2.14. The van der Waals surface area contributed by atoms with Gasteiger partial charge in [-0.15, -0.1) is 0 Å². The SMILES string of the molecule is CC(=O)c1c(C(C)O)c2[nH]c1=Cc1ccc([nH]1)C=c1ccc([nH]1)=Cc1ccc([nH]1)C=2. The van der Waals surface area contributed by atoms with Crippen molar-refractivity contribution in [2.24, 2.45) is 0 Å². The zero-order valence-electron chi connectivity index (χ0n) is 16.7. The van der Waals surface area contributed by atoms with Gasteiger partial charge in [-0.1, -0.05) is 0 Å². The Hall–Kier alpha value is -3.77. The molecular formula is C24H22N4O2. The molecule has 8 bridgehead atoms. The third-order valence-electron chi connectivity index (χ3n) is 5.28. The van der Waals surface area contributed by atoms with Gasteiger partial charge in [0.15, 0.2) is 5.78 Å². The third-order valence-corrected chi connectivity index (χ3v) is 5.28. The molecule has 0 saturated carbocycles. The molecule has 1 aliphatic rings. The van der Waals surface area contributed by atoms with Gasteiger partial charge in [-0.25, -0.2) is 0 Å². The maximum absolute atomic E-state index is 12.5. The van der Waals surface area contributed by atoms with E-state index in [0.717, 1.165) is 33.5 Å². The molecule has 0 saturated heterocycles. The molecule has 0 spiro atoms. The van der Waals surface area contributed by atoms with Gasteiger partial charge in [0, 0.05) is 49.9 Å². The number of ketones is 1. The van der Waals surface area contributed by atoms with Crippen molar-refractivity contribution in [1.29, 1.82) is 0 Å². The fraction of sp³-hybridized carbons (Fsp3) is 0.125. The summed E-state index contributed by atoms with van der Waals surface area (Å²) in [6.45, 7) is 3.20. The predicted octanol–water partition coefficient (Wildman–Crippen LogP) is 0.883. The Morgan fingerprint density at radius 3 is 1.73 bits per heavy atom. The lowest BCUT2D eigenvalue weighted by Gasteiger charge is -2.04. The Kier molecular flexibility index (Phi) is 4.22. The molecule has 1 aliphatic heterocycles. The quantitative estimate of drug-likeness (QED) is 0.285. The average Bonchev–Trinajstić information content (AvgIpc) is 3.44. The fourth-order valence-corrected chi connectivity index (χ4v) is 4.03. The Bertz CT molecular complexity index is 1510. The van der Waals surface area contributed by atoms with Gasteiger partial charge >= 0.3 is 0 Å². The van der Waals surface area contributed by atoms with Crippen molar-refractivity contribution < 1.29 is 9.90 Å². The van der Waals surface area contributed by atoms with Crippen molar-refractivity contribution in [3.05, 3.63) is 91.7 Å². The minimum absolute atomic E-state index is 0.0941. The summed E-state index contributed by atoms with van der Waals surface area (Å²) in [5, 5.41) is 13.8. The highest BCUT2D eigenvalue weighted by molar-refractivity contribution is 5.96. The van der Waals surface area contributed by atoms with Gasteiger partial charge in [-0.2, -0.15) is 0 Å². The number of nitrogens with one attached hydrogen (secondary N) is 4. The van der Waals surface area contributed by atoms with E-state index < -0.39 is 6.10 Å². The van der Waals surface area contributed by atoms with Crippen molar-refractivity contribution >= 4 is 30.1 Å². The van der Waals surface area contributed by atoms with Gasteiger partial charge in [0.05, 0.1) is 11.5 Å². The van der Waals surface area contributed by atoms with Crippen molar-refractivity contribution in [2.75, 3.05) is 0 Å². The standard InChI is InChI=1S/C24H22N4O2/c1-13(29)23-21-11-19-7-5-17(26-19)9-15-3-4-16(25-15)10-18-6-8-20(27-18)12-22(28-21)24(23)14(2)30/h3-13,25-29H,1-2H3. The van der Waals surface area contributed by atoms with Crippen LogP contribution in [0.4, 0.5) is 0 Å². The van der Waals surface area contributed by atoms with E-state index in [9.17, 15) is 9.90 Å². The highest BCUT2D eigenvalue weighted by atomic mass is 16.3. The highest BCUT2D eigenvalue weighted by Crippen LogP contribution is 2.13. The summed E-state index contributed by atoms with van der Waals surface area (Å²) in [6.07, 6.45) is 7.09. The van der Waals surface area contributed by atoms with Gasteiger partial charge in [-0.3, -0.25) is 4.79 Å². The average molecular weight is 398 g/mol. The summed E-state index contributed by atoms with van der Waals surface area (Å²) in [6, 6.07) is 12.0. The highest BCUT2D eigenvalue weighted by Gasteiger charge is 2.18. The van der Waals surface area contributed by atoms with Crippen LogP contribution in [0.1, 0.15) is 58.6 Å². The molecule has 6 heteroatoms. The lowest BCUT2D eigenvalue weighted by molar-refractivity contribution is 0.101. The first-order valence-corrected chi connectivity index (χ1v) is 9.87. The summed E-state index contributed by atoms with van der Waals surface area (Å²) in [7, 11) is 0. The number of fused-ring (bicyclic) bond motifs is 8. The predicted molar refractivity (Wildman–Crippen MR) is 117 cm³/mol. The molecule has 150 valence electrons. The third kappa shape index (κ3) is 3.27. The van der Waals surface area contributed by atoms with E-state index in [1.54, 1.807) is 6.92 Å². The number of carbonyl (C=O) groups excluding carboxylic acids is 1. The number of hydrogen-bond donors (Lipinski definition) is 5. The molecule has 4 aromatic heterocycles. The smallest absolute Gasteiger partial charge is 0.162 e. The van der Waals surface area contributed by atoms with Gasteiger partial charge < -0.3 is 25.0 Å². The van der Waals surface area contributed by atoms with E-state index in [0.29, 0.717) is 21.8 Å². The van der Waals surface area contributed by atoms with Crippen LogP contribution in [0.2, 0.25) is 0 Å². The second-order valence-electron chi connectivity index (χ2n) is 7.66. The number of aliphatic hydroxyl groups excluding tert-OH is 1. The number of Topliss-reactive ketones (excluding diaryl/α,β-unsaturated/α-hetero) is 1. The molecule has 5 N–H and O–H groups in total. The Balaban J connectivity index is 1.87. The first-order chi connectivity index (χ1) is 14.5. The van der Waals surface area contributed by atoms with Gasteiger partial charge in [0.25, 0.3) is 0 Å². The minimum Gasteiger partial charge on any atom is -0.389 e. The van der Waals surface area contributed by atoms with Crippen LogP contribution in [0.15, 0.2) is 36.4 Å². The number of aromatic nitrogens is 4. The summed E-state index contributed by atoms with van der Waals surface area (Å²) < 4.78 is 0. The van der Waals surface area contributed by atoms with Crippen LogP contribution in [0, 0.1) is 0 Å². The molecule has 5 rings (SSSR count). The molecule has 6 nitrogen and oxygen atoms in total. The monoisotopic (exact) mass is 398 g/mol. The van der Waals surface area contributed by atoms with Gasteiger partial charge in [-0.05, 0) is 74.5 Å². The van der Waals surface area contributed by atoms with Crippen LogP contribution in [0.3, 0.4) is 0 Å². The van der Waals surface area contributed by atoms with Crippen LogP contribution >= 0.6 is 0 Å². The van der Waals surface area contributed by atoms with Crippen LogP contribution in [0.5, 0.6) is 0 Å². The molecule has 5 heterocycles. The second kappa shape index (κ2) is 6.93. The molecule has 0 aliphatic carbocycles. The summed E-state index contributed by atoms with van der Waals surface area (Å²) in [5.41, 5.74) is 4.74. The zero-order valence-corrected chi connectivity index (χ0v) is 16.7. The minimum atomic E-state index is -0.791. The molecule has 30 heavy (non-hydrogen) atoms. The fourth-order valence-electron chi connectivity index (χ4n) is 4.03. The van der Waals surface area contributed by atoms with Crippen LogP contribution in [0.25, 0.3) is 24.3 Å². The van der Waals surface area contributed by atoms with Gasteiger partial charge in [0.1, 0.15) is 0 Å². The van der Waals surface area contributed by atoms with E-state index >= 15 is 0 Å². The molecular weight excluding hydrogens is 376 g/mol. The maximum Gasteiger partial charge on any atom is 0.162 e. The van der Waals surface area contributed by atoms with E-state index in [1.807, 2.05) is 60.7 Å². The number of H-pyrrole nitrogens is 4. The topological polar surface area (TPSA) is 100 Å². The molecule has 0 aromatic carbocycles. The molecule has 1 unspecified atom stereocenters. The molecule has 0 fully saturated rings. The van der Waals surface area contributed by atoms with E-state index in [-0.39, 0.29) is 5.78 Å². The first kappa shape index (κ1) is 18.3. The summed E-state index contributed by atoms with van der Waals surface area (Å²) >= 11 is 0. The number of hydrogen-bond acceptors (Lipinski definition) is 2. The largest absolute Gasteiger partial charge is 0.389 e. The Morgan fingerprint density at radius 2 is 1.23 bits per heavy atom. The van der Waals surface area contributed by atoms with E-state index in [1.165, 1.54) is 6.92 Å². The van der Waals surface area contributed by atoms with Crippen molar-refractivity contribution in [3.8, 4) is 0 Å². The number of rotatable bonds is 2. The summed E-state index contributed by atoms with van der Waals surface area (Å²) in [4.78, 5) is 25.9. The van der Waals surface area contributed by atoms with E-state index in [4.69, 9.17) is 0 Å². The first-order valence-electron chi connectivity index (χ1n) is 9.87. The van der Waals surface area contributed by atoms with Crippen LogP contribution in [-0.2, 0) is 0 Å². The van der Waals surface area contributed by atoms with Crippen molar-refractivity contribution in [1.82, 2.24) is 19.9 Å². The number of aromatic amines is 4. The second-order valence-corrected chi connectivity index (χ2v) is 7.66. The van der Waals surface area contributed by atoms with Crippen molar-refractivity contribution in [2.45, 2.75) is 20.0 Å². The molecule has 1 atom stereocenters. The number of aliphatic hydroxyl groups is 1. The summed E-state index contributed by atoms with van der Waals surface area (Å²) in [5.74, 6) is -0.0941. The van der Waals surface area contributed by atoms with Crippen LogP contribution < -0.4 is 21.4 Å². The van der Waals surface area contributed by atoms with Crippen molar-refractivity contribution in [3.63, 3.8) is 0 Å². The number of carbonyl (C=O) groups is 1. The lowest BCUT2D eigenvalue weighted by atomic mass is 10.0. The maximum atomic E-state index is 12.5. The normalized spacial score (nSPS) is 13.6. The zero-order chi connectivity index (χ0) is 20.8. The molecule has 0 amide bonds. The Morgan fingerprint density at radius 1 is 0.733 bits per heavy atom. The van der Waals surface area contributed by atoms with Gasteiger partial charge in [0.2, 0.25) is 0 Å². The Labute approximate surface area is 172 Å².